The molecule has 0 aliphatic carbocycles. The number of hydrogen-bond acceptors (Lipinski definition) is 3. The van der Waals surface area contributed by atoms with Gasteiger partial charge in [-0.1, -0.05) is 6.07 Å². The number of thiophene rings is 1. The summed E-state index contributed by atoms with van der Waals surface area (Å²) < 4.78 is 0. The molecule has 18 heavy (non-hydrogen) atoms. The molecule has 3 nitrogen and oxygen atoms in total. The summed E-state index contributed by atoms with van der Waals surface area (Å²) in [6.45, 7) is 4.32. The summed E-state index contributed by atoms with van der Waals surface area (Å²) in [5.74, 6) is 0. The molecule has 0 radical (unpaired) electrons. The molecule has 0 aliphatic heterocycles. The lowest BCUT2D eigenvalue weighted by molar-refractivity contribution is 0.910. The molecule has 1 unspecified atom stereocenters. The molecule has 2 heterocycles. The molecule has 0 saturated carbocycles. The molecule has 2 N–H and O–H groups in total. The fraction of sp³-hybridized carbons (Fsp3) is 0.214. The van der Waals surface area contributed by atoms with Crippen molar-refractivity contribution >= 4 is 27.9 Å². The van der Waals surface area contributed by atoms with E-state index < -0.39 is 0 Å². The number of aromatic nitrogens is 2. The number of H-pyrrole nitrogens is 1. The lowest BCUT2D eigenvalue weighted by atomic mass is 10.2. The SMILES string of the molecule is Cc1ccc(C(C)Nc2cccc3[nH]ncc23)s1. The average Bonchev–Trinajstić information content (AvgIpc) is 2.97. The van der Waals surface area contributed by atoms with Gasteiger partial charge in [-0.2, -0.15) is 5.10 Å². The third-order valence-electron chi connectivity index (χ3n) is 3.04. The van der Waals surface area contributed by atoms with Gasteiger partial charge in [0.15, 0.2) is 0 Å². The Labute approximate surface area is 110 Å². The minimum Gasteiger partial charge on any atom is -0.377 e. The number of nitrogens with one attached hydrogen (secondary N) is 2. The molecule has 0 fully saturated rings. The zero-order valence-electron chi connectivity index (χ0n) is 10.4. The van der Waals surface area contributed by atoms with Gasteiger partial charge in [-0.25, -0.2) is 0 Å². The molecule has 1 atom stereocenters. The molecule has 3 aromatic rings. The number of nitrogens with zero attached hydrogens (tertiary/aromatic N) is 1. The Hall–Kier alpha value is -1.81. The fourth-order valence-corrected chi connectivity index (χ4v) is 2.96. The Kier molecular flexibility index (Phi) is 2.80. The largest absolute Gasteiger partial charge is 0.377 e. The Morgan fingerprint density at radius 3 is 2.94 bits per heavy atom. The standard InChI is InChI=1S/C14H15N3S/c1-9-6-7-14(18-9)10(2)16-12-4-3-5-13-11(12)8-15-17-13/h3-8,10,16H,1-2H3,(H,15,17). The third kappa shape index (κ3) is 1.99. The van der Waals surface area contributed by atoms with Crippen LogP contribution >= 0.6 is 11.3 Å². The second-order valence-corrected chi connectivity index (χ2v) is 5.77. The number of aromatic amines is 1. The first-order valence-electron chi connectivity index (χ1n) is 5.99. The van der Waals surface area contributed by atoms with E-state index in [1.165, 1.54) is 9.75 Å². The van der Waals surface area contributed by atoms with Gasteiger partial charge in [-0.3, -0.25) is 5.10 Å². The maximum Gasteiger partial charge on any atom is 0.0671 e. The van der Waals surface area contributed by atoms with Gasteiger partial charge in [0, 0.05) is 20.8 Å². The van der Waals surface area contributed by atoms with Crippen molar-refractivity contribution < 1.29 is 0 Å². The van der Waals surface area contributed by atoms with Crippen LogP contribution in [0, 0.1) is 6.92 Å². The van der Waals surface area contributed by atoms with Crippen molar-refractivity contribution in [2.75, 3.05) is 5.32 Å². The van der Waals surface area contributed by atoms with Gasteiger partial charge in [-0.15, -0.1) is 11.3 Å². The van der Waals surface area contributed by atoms with E-state index >= 15 is 0 Å². The zero-order valence-corrected chi connectivity index (χ0v) is 11.2. The van der Waals surface area contributed by atoms with E-state index in [1.807, 2.05) is 29.7 Å². The minimum absolute atomic E-state index is 0.309. The van der Waals surface area contributed by atoms with Gasteiger partial charge in [0.2, 0.25) is 0 Å². The normalized spacial score (nSPS) is 12.8. The molecule has 0 spiro atoms. The Morgan fingerprint density at radius 2 is 2.17 bits per heavy atom. The summed E-state index contributed by atoms with van der Waals surface area (Å²) in [5, 5.41) is 11.8. The first-order chi connectivity index (χ1) is 8.74. The van der Waals surface area contributed by atoms with Crippen molar-refractivity contribution in [1.82, 2.24) is 10.2 Å². The van der Waals surface area contributed by atoms with Crippen LogP contribution in [-0.4, -0.2) is 10.2 Å². The Balaban J connectivity index is 1.90. The van der Waals surface area contributed by atoms with Gasteiger partial charge in [0.25, 0.3) is 0 Å². The Bertz CT molecular complexity index is 668. The molecule has 0 aliphatic rings. The Morgan fingerprint density at radius 1 is 1.28 bits per heavy atom. The predicted molar refractivity (Wildman–Crippen MR) is 77.2 cm³/mol. The number of benzene rings is 1. The van der Waals surface area contributed by atoms with Gasteiger partial charge >= 0.3 is 0 Å². The first kappa shape index (κ1) is 11.3. The van der Waals surface area contributed by atoms with Gasteiger partial charge in [0.1, 0.15) is 0 Å². The lowest BCUT2D eigenvalue weighted by Crippen LogP contribution is -2.04. The molecular weight excluding hydrogens is 242 g/mol. The van der Waals surface area contributed by atoms with Crippen LogP contribution in [0.2, 0.25) is 0 Å². The summed E-state index contributed by atoms with van der Waals surface area (Å²) >= 11 is 1.84. The monoisotopic (exact) mass is 257 g/mol. The van der Waals surface area contributed by atoms with Crippen molar-refractivity contribution in [3.63, 3.8) is 0 Å². The third-order valence-corrected chi connectivity index (χ3v) is 4.23. The summed E-state index contributed by atoms with van der Waals surface area (Å²) in [4.78, 5) is 2.70. The van der Waals surface area contributed by atoms with Crippen LogP contribution in [0.1, 0.15) is 22.7 Å². The van der Waals surface area contributed by atoms with Crippen LogP contribution in [0.3, 0.4) is 0 Å². The molecule has 92 valence electrons. The molecule has 0 amide bonds. The number of hydrogen-bond donors (Lipinski definition) is 2. The average molecular weight is 257 g/mol. The van der Waals surface area contributed by atoms with Crippen molar-refractivity contribution in [1.29, 1.82) is 0 Å². The highest BCUT2D eigenvalue weighted by Gasteiger charge is 2.09. The topological polar surface area (TPSA) is 40.7 Å². The van der Waals surface area contributed by atoms with E-state index in [0.717, 1.165) is 16.6 Å². The van der Waals surface area contributed by atoms with E-state index in [-0.39, 0.29) is 0 Å². The maximum atomic E-state index is 4.08. The summed E-state index contributed by atoms with van der Waals surface area (Å²) in [6.07, 6.45) is 1.87. The molecule has 4 heteroatoms. The quantitative estimate of drug-likeness (QED) is 0.741. The molecule has 0 saturated heterocycles. The van der Waals surface area contributed by atoms with Gasteiger partial charge < -0.3 is 5.32 Å². The highest BCUT2D eigenvalue weighted by molar-refractivity contribution is 7.12. The predicted octanol–water partition coefficient (Wildman–Crippen LogP) is 4.11. The minimum atomic E-state index is 0.309. The van der Waals surface area contributed by atoms with Crippen molar-refractivity contribution in [2.45, 2.75) is 19.9 Å². The van der Waals surface area contributed by atoms with Crippen molar-refractivity contribution in [3.8, 4) is 0 Å². The summed E-state index contributed by atoms with van der Waals surface area (Å²) in [7, 11) is 0. The number of anilines is 1. The molecule has 1 aromatic carbocycles. The summed E-state index contributed by atoms with van der Waals surface area (Å²) in [6, 6.07) is 10.8. The van der Waals surface area contributed by atoms with E-state index in [4.69, 9.17) is 0 Å². The second kappa shape index (κ2) is 4.46. The van der Waals surface area contributed by atoms with Crippen LogP contribution < -0.4 is 5.32 Å². The number of fused-ring (bicyclic) bond motifs is 1. The van der Waals surface area contributed by atoms with Crippen LogP contribution in [0.4, 0.5) is 5.69 Å². The van der Waals surface area contributed by atoms with Crippen LogP contribution in [-0.2, 0) is 0 Å². The highest BCUT2D eigenvalue weighted by atomic mass is 32.1. The van der Waals surface area contributed by atoms with Crippen molar-refractivity contribution in [3.05, 3.63) is 46.3 Å². The lowest BCUT2D eigenvalue weighted by Gasteiger charge is -2.14. The van der Waals surface area contributed by atoms with Crippen LogP contribution in [0.15, 0.2) is 36.5 Å². The number of aryl methyl sites for hydroxylation is 1. The van der Waals surface area contributed by atoms with E-state index in [2.05, 4.69) is 47.6 Å². The number of rotatable bonds is 3. The fourth-order valence-electron chi connectivity index (χ4n) is 2.08. The van der Waals surface area contributed by atoms with E-state index in [9.17, 15) is 0 Å². The van der Waals surface area contributed by atoms with Gasteiger partial charge in [-0.05, 0) is 38.1 Å². The first-order valence-corrected chi connectivity index (χ1v) is 6.80. The second-order valence-electron chi connectivity index (χ2n) is 4.45. The summed E-state index contributed by atoms with van der Waals surface area (Å²) in [5.41, 5.74) is 2.19. The highest BCUT2D eigenvalue weighted by Crippen LogP contribution is 2.28. The molecule has 2 aromatic heterocycles. The molecular formula is C14H15N3S. The van der Waals surface area contributed by atoms with Crippen LogP contribution in [0.25, 0.3) is 10.9 Å². The smallest absolute Gasteiger partial charge is 0.0671 e. The molecule has 3 rings (SSSR count). The van der Waals surface area contributed by atoms with Crippen molar-refractivity contribution in [2.24, 2.45) is 0 Å². The van der Waals surface area contributed by atoms with E-state index in [1.54, 1.807) is 0 Å². The van der Waals surface area contributed by atoms with Gasteiger partial charge in [0.05, 0.1) is 17.8 Å². The zero-order chi connectivity index (χ0) is 12.5. The maximum absolute atomic E-state index is 4.08. The molecule has 0 bridgehead atoms. The van der Waals surface area contributed by atoms with E-state index in [0.29, 0.717) is 6.04 Å². The van der Waals surface area contributed by atoms with Crippen LogP contribution in [0.5, 0.6) is 0 Å².